The Balaban J connectivity index is 2.26. The van der Waals surface area contributed by atoms with E-state index in [4.69, 9.17) is 4.74 Å². The largest absolute Gasteiger partial charge is 0.496 e. The summed E-state index contributed by atoms with van der Waals surface area (Å²) in [6.07, 6.45) is 1.25. The number of hydrogen-bond acceptors (Lipinski definition) is 3. The molecule has 0 bridgehead atoms. The highest BCUT2D eigenvalue weighted by Gasteiger charge is 2.24. The first kappa shape index (κ1) is 13.9. The fraction of sp³-hybridized carbons (Fsp3) is 0.533. The Morgan fingerprint density at radius 3 is 2.74 bits per heavy atom. The summed E-state index contributed by atoms with van der Waals surface area (Å²) in [7, 11) is 1.63. The lowest BCUT2D eigenvalue weighted by Gasteiger charge is -2.30. The average Bonchev–Trinajstić information content (AvgIpc) is 2.40. The summed E-state index contributed by atoms with van der Waals surface area (Å²) in [6, 6.07) is 3.76. The number of benzene rings is 1. The molecule has 1 unspecified atom stereocenters. The van der Waals surface area contributed by atoms with Crippen molar-refractivity contribution in [2.45, 2.75) is 32.8 Å². The number of aryl methyl sites for hydroxylation is 2. The first-order valence-electron chi connectivity index (χ1n) is 6.65. The number of rotatable bonds is 2. The summed E-state index contributed by atoms with van der Waals surface area (Å²) in [4.78, 5) is 14.2. The lowest BCUT2D eigenvalue weighted by Crippen LogP contribution is -2.42. The minimum atomic E-state index is -0.391. The fourth-order valence-electron chi connectivity index (χ4n) is 2.55. The first-order chi connectivity index (χ1) is 9.02. The van der Waals surface area contributed by atoms with Crippen molar-refractivity contribution in [2.75, 3.05) is 20.2 Å². The van der Waals surface area contributed by atoms with Gasteiger partial charge in [0.05, 0.1) is 13.2 Å². The molecule has 2 rings (SSSR count). The summed E-state index contributed by atoms with van der Waals surface area (Å²) < 4.78 is 5.26. The normalized spacial score (nSPS) is 19.4. The van der Waals surface area contributed by atoms with E-state index in [1.165, 1.54) is 0 Å². The highest BCUT2D eigenvalue weighted by Crippen LogP contribution is 2.24. The maximum Gasteiger partial charge on any atom is 0.254 e. The third-order valence-electron chi connectivity index (χ3n) is 3.66. The number of nitrogens with zero attached hydrogens (tertiary/aromatic N) is 1. The predicted octanol–water partition coefficient (Wildman–Crippen LogP) is 1.91. The molecule has 0 radical (unpaired) electrons. The highest BCUT2D eigenvalue weighted by molar-refractivity contribution is 5.96. The van der Waals surface area contributed by atoms with Crippen LogP contribution in [0.3, 0.4) is 0 Å². The van der Waals surface area contributed by atoms with Gasteiger partial charge in [-0.1, -0.05) is 0 Å². The number of ether oxygens (including phenoxy) is 1. The van der Waals surface area contributed by atoms with Crippen LogP contribution in [0.4, 0.5) is 0 Å². The number of carbonyl (C=O) groups is 1. The summed E-state index contributed by atoms with van der Waals surface area (Å²) >= 11 is 0. The van der Waals surface area contributed by atoms with E-state index in [-0.39, 0.29) is 5.91 Å². The van der Waals surface area contributed by atoms with E-state index < -0.39 is 6.10 Å². The monoisotopic (exact) mass is 263 g/mol. The second kappa shape index (κ2) is 5.61. The maximum atomic E-state index is 12.5. The van der Waals surface area contributed by atoms with Crippen LogP contribution in [0.15, 0.2) is 12.1 Å². The minimum Gasteiger partial charge on any atom is -0.496 e. The maximum absolute atomic E-state index is 12.5. The van der Waals surface area contributed by atoms with Gasteiger partial charge in [-0.05, 0) is 49.9 Å². The Bertz CT molecular complexity index is 485. The molecule has 4 heteroatoms. The molecule has 1 saturated heterocycles. The molecule has 19 heavy (non-hydrogen) atoms. The van der Waals surface area contributed by atoms with Crippen LogP contribution in [0.5, 0.6) is 5.75 Å². The Labute approximate surface area is 114 Å². The smallest absolute Gasteiger partial charge is 0.254 e. The molecule has 1 amide bonds. The van der Waals surface area contributed by atoms with Crippen molar-refractivity contribution >= 4 is 5.91 Å². The molecule has 0 saturated carbocycles. The molecule has 104 valence electrons. The Morgan fingerprint density at radius 2 is 2.11 bits per heavy atom. The molecule has 1 fully saturated rings. The van der Waals surface area contributed by atoms with Crippen LogP contribution >= 0.6 is 0 Å². The third kappa shape index (κ3) is 2.89. The Morgan fingerprint density at radius 1 is 1.37 bits per heavy atom. The van der Waals surface area contributed by atoms with E-state index in [9.17, 15) is 9.90 Å². The van der Waals surface area contributed by atoms with Gasteiger partial charge in [0, 0.05) is 18.7 Å². The average molecular weight is 263 g/mol. The topological polar surface area (TPSA) is 49.8 Å². The molecule has 1 aromatic rings. The molecule has 0 spiro atoms. The SMILES string of the molecule is COc1cc(C)c(C(=O)N2CCCC(O)C2)cc1C. The number of hydrogen-bond donors (Lipinski definition) is 1. The van der Waals surface area contributed by atoms with Gasteiger partial charge in [0.15, 0.2) is 0 Å². The van der Waals surface area contributed by atoms with Gasteiger partial charge in [0.25, 0.3) is 5.91 Å². The van der Waals surface area contributed by atoms with E-state index >= 15 is 0 Å². The second-order valence-electron chi connectivity index (χ2n) is 5.18. The van der Waals surface area contributed by atoms with E-state index in [0.29, 0.717) is 12.1 Å². The molecule has 1 aromatic carbocycles. The van der Waals surface area contributed by atoms with Crippen molar-refractivity contribution in [3.63, 3.8) is 0 Å². The highest BCUT2D eigenvalue weighted by atomic mass is 16.5. The lowest BCUT2D eigenvalue weighted by atomic mass is 10.0. The van der Waals surface area contributed by atoms with Gasteiger partial charge in [-0.15, -0.1) is 0 Å². The van der Waals surface area contributed by atoms with Crippen molar-refractivity contribution in [1.29, 1.82) is 0 Å². The van der Waals surface area contributed by atoms with Gasteiger partial charge < -0.3 is 14.7 Å². The molecule has 1 atom stereocenters. The Kier molecular flexibility index (Phi) is 4.10. The quantitative estimate of drug-likeness (QED) is 0.886. The van der Waals surface area contributed by atoms with Crippen LogP contribution in [0.1, 0.15) is 34.3 Å². The summed E-state index contributed by atoms with van der Waals surface area (Å²) in [5.74, 6) is 0.801. The zero-order valence-corrected chi connectivity index (χ0v) is 11.8. The fourth-order valence-corrected chi connectivity index (χ4v) is 2.55. The van der Waals surface area contributed by atoms with Crippen molar-refractivity contribution in [2.24, 2.45) is 0 Å². The molecule has 1 N–H and O–H groups in total. The second-order valence-corrected chi connectivity index (χ2v) is 5.18. The summed E-state index contributed by atoms with van der Waals surface area (Å²) in [6.45, 7) is 5.00. The van der Waals surface area contributed by atoms with Crippen LogP contribution in [-0.4, -0.2) is 42.2 Å². The zero-order valence-electron chi connectivity index (χ0n) is 11.8. The zero-order chi connectivity index (χ0) is 14.0. The number of amides is 1. The van der Waals surface area contributed by atoms with Gasteiger partial charge in [0.2, 0.25) is 0 Å². The molecule has 4 nitrogen and oxygen atoms in total. The van der Waals surface area contributed by atoms with Crippen molar-refractivity contribution in [3.8, 4) is 5.75 Å². The van der Waals surface area contributed by atoms with Crippen LogP contribution in [0.2, 0.25) is 0 Å². The van der Waals surface area contributed by atoms with Crippen LogP contribution in [0, 0.1) is 13.8 Å². The lowest BCUT2D eigenvalue weighted by molar-refractivity contribution is 0.0473. The standard InChI is InChI=1S/C15H21NO3/c1-10-8-14(19-3)11(2)7-13(10)15(18)16-6-4-5-12(17)9-16/h7-8,12,17H,4-6,9H2,1-3H3. The number of carbonyl (C=O) groups excluding carboxylic acids is 1. The molecule has 0 aromatic heterocycles. The third-order valence-corrected chi connectivity index (χ3v) is 3.66. The number of aliphatic hydroxyl groups excluding tert-OH is 1. The van der Waals surface area contributed by atoms with Crippen LogP contribution in [0.25, 0.3) is 0 Å². The van der Waals surface area contributed by atoms with E-state index in [2.05, 4.69) is 0 Å². The van der Waals surface area contributed by atoms with Crippen LogP contribution in [-0.2, 0) is 0 Å². The van der Waals surface area contributed by atoms with E-state index in [1.807, 2.05) is 26.0 Å². The first-order valence-corrected chi connectivity index (χ1v) is 6.65. The minimum absolute atomic E-state index is 0.00185. The number of piperidine rings is 1. The van der Waals surface area contributed by atoms with Gasteiger partial charge >= 0.3 is 0 Å². The molecular weight excluding hydrogens is 242 g/mol. The predicted molar refractivity (Wildman–Crippen MR) is 73.6 cm³/mol. The van der Waals surface area contributed by atoms with Gasteiger partial charge in [-0.25, -0.2) is 0 Å². The Hall–Kier alpha value is -1.55. The molecule has 1 aliphatic rings. The number of aliphatic hydroxyl groups is 1. The summed E-state index contributed by atoms with van der Waals surface area (Å²) in [5, 5.41) is 9.67. The van der Waals surface area contributed by atoms with Crippen molar-refractivity contribution < 1.29 is 14.6 Å². The summed E-state index contributed by atoms with van der Waals surface area (Å²) in [5.41, 5.74) is 2.56. The molecule has 1 aliphatic heterocycles. The van der Waals surface area contributed by atoms with Crippen LogP contribution < -0.4 is 4.74 Å². The van der Waals surface area contributed by atoms with Gasteiger partial charge in [-0.2, -0.15) is 0 Å². The van der Waals surface area contributed by atoms with Crippen molar-refractivity contribution in [1.82, 2.24) is 4.90 Å². The number of methoxy groups -OCH3 is 1. The molecule has 0 aliphatic carbocycles. The van der Waals surface area contributed by atoms with Crippen molar-refractivity contribution in [3.05, 3.63) is 28.8 Å². The number of likely N-dealkylation sites (tertiary alicyclic amines) is 1. The molecule has 1 heterocycles. The van der Waals surface area contributed by atoms with Gasteiger partial charge in [-0.3, -0.25) is 4.79 Å². The van der Waals surface area contributed by atoms with Gasteiger partial charge in [0.1, 0.15) is 5.75 Å². The molecular formula is C15H21NO3. The van der Waals surface area contributed by atoms with E-state index in [1.54, 1.807) is 12.0 Å². The number of β-amino-alcohol motifs (C(OH)–C–C–N with tert-alkyl or cyclic N) is 1. The van der Waals surface area contributed by atoms with E-state index in [0.717, 1.165) is 36.3 Å².